The van der Waals surface area contributed by atoms with Gasteiger partial charge in [-0.2, -0.15) is 0 Å². The molecular formula is C24H23NO3. The van der Waals surface area contributed by atoms with Crippen molar-refractivity contribution in [3.05, 3.63) is 101 Å². The van der Waals surface area contributed by atoms with Gasteiger partial charge in [0.05, 0.1) is 5.54 Å². The van der Waals surface area contributed by atoms with Crippen LogP contribution in [0, 0.1) is 0 Å². The lowest BCUT2D eigenvalue weighted by atomic mass is 9.80. The zero-order valence-electron chi connectivity index (χ0n) is 16.0. The van der Waals surface area contributed by atoms with Gasteiger partial charge in [0.2, 0.25) is 5.90 Å². The number of aliphatic imine (C=N–C) groups is 1. The zero-order valence-corrected chi connectivity index (χ0v) is 16.0. The smallest absolute Gasteiger partial charge is 0.216 e. The first-order valence-corrected chi connectivity index (χ1v) is 9.29. The number of rotatable bonds is 4. The number of aromatic hydroxyl groups is 1. The van der Waals surface area contributed by atoms with E-state index in [4.69, 9.17) is 4.74 Å². The Morgan fingerprint density at radius 1 is 0.857 bits per heavy atom. The second kappa shape index (κ2) is 6.80. The van der Waals surface area contributed by atoms with Gasteiger partial charge in [-0.25, -0.2) is 4.99 Å². The first kappa shape index (κ1) is 18.3. The largest absolute Gasteiger partial charge is 0.508 e. The molecule has 2 N–H and O–H groups in total. The molecule has 142 valence electrons. The molecule has 0 spiro atoms. The molecule has 3 aromatic rings. The Balaban J connectivity index is 1.80. The second-order valence-corrected chi connectivity index (χ2v) is 7.72. The summed E-state index contributed by atoms with van der Waals surface area (Å²) >= 11 is 0. The molecule has 0 saturated heterocycles. The molecular weight excluding hydrogens is 350 g/mol. The number of aliphatic hydroxyl groups is 1. The number of nitrogens with zero attached hydrogens (tertiary/aromatic N) is 1. The van der Waals surface area contributed by atoms with E-state index in [9.17, 15) is 10.2 Å². The minimum absolute atomic E-state index is 0.111. The van der Waals surface area contributed by atoms with E-state index < -0.39 is 5.60 Å². The van der Waals surface area contributed by atoms with Crippen LogP contribution >= 0.6 is 0 Å². The zero-order chi connectivity index (χ0) is 19.8. The molecule has 0 aromatic heterocycles. The van der Waals surface area contributed by atoms with Gasteiger partial charge in [0, 0.05) is 5.56 Å². The molecule has 3 aromatic carbocycles. The van der Waals surface area contributed by atoms with Crippen molar-refractivity contribution in [1.29, 1.82) is 0 Å². The van der Waals surface area contributed by atoms with Gasteiger partial charge < -0.3 is 14.9 Å². The normalized spacial score (nSPS) is 17.5. The fourth-order valence-corrected chi connectivity index (χ4v) is 3.50. The van der Waals surface area contributed by atoms with Crippen molar-refractivity contribution in [3.63, 3.8) is 0 Å². The average Bonchev–Trinajstić information content (AvgIpc) is 3.08. The molecule has 0 radical (unpaired) electrons. The van der Waals surface area contributed by atoms with Gasteiger partial charge in [-0.3, -0.25) is 0 Å². The van der Waals surface area contributed by atoms with E-state index in [-0.39, 0.29) is 11.3 Å². The first-order chi connectivity index (χ1) is 13.4. The number of phenols is 1. The lowest BCUT2D eigenvalue weighted by Gasteiger charge is -2.30. The van der Waals surface area contributed by atoms with Crippen LogP contribution in [0.4, 0.5) is 0 Å². The van der Waals surface area contributed by atoms with Gasteiger partial charge >= 0.3 is 0 Å². The van der Waals surface area contributed by atoms with E-state index in [0.29, 0.717) is 23.6 Å². The standard InChI is InChI=1S/C24H23NO3/c1-23(2)16-28-22(25-23)17-11-13-19(14-12-17)24(27,18-7-4-3-5-8-18)20-9-6-10-21(26)15-20/h3-15,26-27H,16H2,1-2H3. The van der Waals surface area contributed by atoms with Gasteiger partial charge in [0.15, 0.2) is 0 Å². The maximum absolute atomic E-state index is 11.8. The van der Waals surface area contributed by atoms with Gasteiger partial charge in [-0.1, -0.05) is 54.6 Å². The Morgan fingerprint density at radius 2 is 1.50 bits per heavy atom. The molecule has 4 heteroatoms. The van der Waals surface area contributed by atoms with E-state index in [2.05, 4.69) is 4.99 Å². The van der Waals surface area contributed by atoms with E-state index in [1.54, 1.807) is 18.2 Å². The first-order valence-electron chi connectivity index (χ1n) is 9.29. The summed E-state index contributed by atoms with van der Waals surface area (Å²) in [5, 5.41) is 21.8. The molecule has 0 aliphatic carbocycles. The topological polar surface area (TPSA) is 62.0 Å². The van der Waals surface area contributed by atoms with Crippen molar-refractivity contribution in [2.75, 3.05) is 6.61 Å². The van der Waals surface area contributed by atoms with Crippen LogP contribution in [0.3, 0.4) is 0 Å². The summed E-state index contributed by atoms with van der Waals surface area (Å²) in [5.41, 5.74) is 1.29. The van der Waals surface area contributed by atoms with Gasteiger partial charge in [-0.05, 0) is 54.8 Å². The lowest BCUT2D eigenvalue weighted by molar-refractivity contribution is 0.125. The third kappa shape index (κ3) is 3.27. The van der Waals surface area contributed by atoms with Crippen LogP contribution in [0.15, 0.2) is 83.9 Å². The molecule has 4 nitrogen and oxygen atoms in total. The Labute approximate surface area is 164 Å². The highest BCUT2D eigenvalue weighted by molar-refractivity contribution is 5.95. The molecule has 0 saturated carbocycles. The van der Waals surface area contributed by atoms with Crippen LogP contribution in [0.5, 0.6) is 5.75 Å². The fraction of sp³-hybridized carbons (Fsp3) is 0.208. The van der Waals surface area contributed by atoms with Gasteiger partial charge in [0.25, 0.3) is 0 Å². The highest BCUT2D eigenvalue weighted by Crippen LogP contribution is 2.38. The van der Waals surface area contributed by atoms with Crippen molar-refractivity contribution >= 4 is 5.90 Å². The highest BCUT2D eigenvalue weighted by Gasteiger charge is 2.34. The predicted molar refractivity (Wildman–Crippen MR) is 110 cm³/mol. The summed E-state index contributed by atoms with van der Waals surface area (Å²) in [6, 6.07) is 23.8. The van der Waals surface area contributed by atoms with Gasteiger partial charge in [0.1, 0.15) is 18.0 Å². The third-order valence-corrected chi connectivity index (χ3v) is 4.97. The van der Waals surface area contributed by atoms with E-state index in [1.807, 2.05) is 74.5 Å². The molecule has 1 aliphatic rings. The van der Waals surface area contributed by atoms with Crippen LogP contribution < -0.4 is 0 Å². The van der Waals surface area contributed by atoms with Crippen LogP contribution in [0.1, 0.15) is 36.1 Å². The molecule has 0 amide bonds. The monoisotopic (exact) mass is 373 g/mol. The maximum atomic E-state index is 11.8. The fourth-order valence-electron chi connectivity index (χ4n) is 3.50. The second-order valence-electron chi connectivity index (χ2n) is 7.72. The summed E-state index contributed by atoms with van der Waals surface area (Å²) in [6.07, 6.45) is 0. The Bertz CT molecular complexity index is 1010. The molecule has 1 aliphatic heterocycles. The third-order valence-electron chi connectivity index (χ3n) is 4.97. The number of phenolic OH excluding ortho intramolecular Hbond substituents is 1. The van der Waals surface area contributed by atoms with Crippen LogP contribution in [-0.2, 0) is 10.3 Å². The number of ether oxygens (including phenoxy) is 1. The average molecular weight is 373 g/mol. The molecule has 28 heavy (non-hydrogen) atoms. The minimum Gasteiger partial charge on any atom is -0.508 e. The summed E-state index contributed by atoms with van der Waals surface area (Å²) in [4.78, 5) is 4.61. The summed E-state index contributed by atoms with van der Waals surface area (Å²) in [5.74, 6) is 0.733. The predicted octanol–water partition coefficient (Wildman–Crippen LogP) is 4.23. The number of hydrogen-bond acceptors (Lipinski definition) is 4. The van der Waals surface area contributed by atoms with Crippen molar-refractivity contribution in [2.45, 2.75) is 25.0 Å². The van der Waals surface area contributed by atoms with Crippen LogP contribution in [-0.4, -0.2) is 28.3 Å². The Hall–Kier alpha value is -3.11. The molecule has 0 fully saturated rings. The quantitative estimate of drug-likeness (QED) is 0.673. The lowest BCUT2D eigenvalue weighted by Crippen LogP contribution is -2.28. The van der Waals surface area contributed by atoms with E-state index in [1.165, 1.54) is 0 Å². The summed E-state index contributed by atoms with van der Waals surface area (Å²) < 4.78 is 5.72. The Morgan fingerprint density at radius 3 is 2.11 bits per heavy atom. The van der Waals surface area contributed by atoms with E-state index in [0.717, 1.165) is 11.1 Å². The molecule has 1 unspecified atom stereocenters. The van der Waals surface area contributed by atoms with Crippen molar-refractivity contribution in [1.82, 2.24) is 0 Å². The minimum atomic E-state index is -1.39. The molecule has 1 heterocycles. The maximum Gasteiger partial charge on any atom is 0.216 e. The highest BCUT2D eigenvalue weighted by atomic mass is 16.5. The molecule has 0 bridgehead atoms. The Kier molecular flexibility index (Phi) is 4.44. The number of hydrogen-bond donors (Lipinski definition) is 2. The van der Waals surface area contributed by atoms with Crippen LogP contribution in [0.2, 0.25) is 0 Å². The SMILES string of the molecule is CC1(C)COC(c2ccc(C(O)(c3ccccc3)c3cccc(O)c3)cc2)=N1. The summed E-state index contributed by atoms with van der Waals surface area (Å²) in [7, 11) is 0. The number of benzene rings is 3. The molecule has 1 atom stereocenters. The van der Waals surface area contributed by atoms with Crippen molar-refractivity contribution < 1.29 is 14.9 Å². The van der Waals surface area contributed by atoms with Crippen molar-refractivity contribution in [3.8, 4) is 5.75 Å². The summed E-state index contributed by atoms with van der Waals surface area (Å²) in [6.45, 7) is 4.62. The molecule has 4 rings (SSSR count). The van der Waals surface area contributed by atoms with Crippen molar-refractivity contribution in [2.24, 2.45) is 4.99 Å². The van der Waals surface area contributed by atoms with Crippen LogP contribution in [0.25, 0.3) is 0 Å². The van der Waals surface area contributed by atoms with Gasteiger partial charge in [-0.15, -0.1) is 0 Å². The van der Waals surface area contributed by atoms with E-state index >= 15 is 0 Å².